The van der Waals surface area contributed by atoms with E-state index in [2.05, 4.69) is 9.84 Å². The highest BCUT2D eigenvalue weighted by molar-refractivity contribution is 5.81. The quantitative estimate of drug-likeness (QED) is 0.889. The number of hydrogen-bond acceptors (Lipinski definition) is 3. The maximum atomic E-state index is 12.3. The minimum atomic E-state index is -2.89. The van der Waals surface area contributed by atoms with E-state index in [1.165, 1.54) is 10.9 Å². The van der Waals surface area contributed by atoms with Gasteiger partial charge in [0.2, 0.25) is 0 Å². The van der Waals surface area contributed by atoms with E-state index in [0.717, 1.165) is 0 Å². The Hall–Kier alpha value is -1.66. The molecule has 18 heavy (non-hydrogen) atoms. The molecule has 0 atom stereocenters. The standard InChI is InChI=1S/C11H12F2N2O3/c1-15-7(6(2-14-15)18-9(12)13)10-3-11(4-10,5-10)8(16)17/h2,9H,3-5H2,1H3,(H,16,17). The van der Waals surface area contributed by atoms with E-state index in [0.29, 0.717) is 25.0 Å². The van der Waals surface area contributed by atoms with Crippen molar-refractivity contribution in [1.82, 2.24) is 9.78 Å². The van der Waals surface area contributed by atoms with E-state index in [-0.39, 0.29) is 11.2 Å². The van der Waals surface area contributed by atoms with Crippen molar-refractivity contribution in [3.63, 3.8) is 0 Å². The van der Waals surface area contributed by atoms with Gasteiger partial charge in [-0.15, -0.1) is 0 Å². The second-order valence-electron chi connectivity index (χ2n) is 5.26. The molecule has 2 bridgehead atoms. The molecule has 98 valence electrons. The zero-order valence-electron chi connectivity index (χ0n) is 9.69. The van der Waals surface area contributed by atoms with Gasteiger partial charge in [0, 0.05) is 12.5 Å². The molecule has 3 saturated carbocycles. The molecular weight excluding hydrogens is 246 g/mol. The summed E-state index contributed by atoms with van der Waals surface area (Å²) in [4.78, 5) is 11.0. The Morgan fingerprint density at radius 2 is 2.17 bits per heavy atom. The van der Waals surface area contributed by atoms with Crippen molar-refractivity contribution in [3.05, 3.63) is 11.9 Å². The van der Waals surface area contributed by atoms with Gasteiger partial charge in [-0.05, 0) is 19.3 Å². The number of carboxylic acids is 1. The lowest BCUT2D eigenvalue weighted by molar-refractivity contribution is -0.196. The van der Waals surface area contributed by atoms with Gasteiger partial charge in [-0.1, -0.05) is 0 Å². The lowest BCUT2D eigenvalue weighted by Gasteiger charge is -2.67. The van der Waals surface area contributed by atoms with Crippen molar-refractivity contribution >= 4 is 5.97 Å². The summed E-state index contributed by atoms with van der Waals surface area (Å²) >= 11 is 0. The summed E-state index contributed by atoms with van der Waals surface area (Å²) in [5.74, 6) is -0.742. The average Bonchev–Trinajstić information content (AvgIpc) is 2.44. The first-order chi connectivity index (χ1) is 8.39. The van der Waals surface area contributed by atoms with Crippen LogP contribution in [0, 0.1) is 5.41 Å². The first-order valence-electron chi connectivity index (χ1n) is 5.59. The van der Waals surface area contributed by atoms with E-state index in [1.807, 2.05) is 0 Å². The molecule has 0 aliphatic heterocycles. The molecule has 0 saturated heterocycles. The zero-order valence-corrected chi connectivity index (χ0v) is 9.69. The van der Waals surface area contributed by atoms with Crippen molar-refractivity contribution in [2.75, 3.05) is 0 Å². The molecule has 3 aliphatic rings. The van der Waals surface area contributed by atoms with Gasteiger partial charge in [-0.3, -0.25) is 9.48 Å². The molecule has 1 heterocycles. The molecule has 0 unspecified atom stereocenters. The van der Waals surface area contributed by atoms with Gasteiger partial charge in [-0.2, -0.15) is 13.9 Å². The Balaban J connectivity index is 1.87. The van der Waals surface area contributed by atoms with Gasteiger partial charge in [0.1, 0.15) is 0 Å². The summed E-state index contributed by atoms with van der Waals surface area (Å²) in [6, 6.07) is 0. The number of aliphatic carboxylic acids is 1. The van der Waals surface area contributed by atoms with Gasteiger partial charge in [-0.25, -0.2) is 0 Å². The predicted molar refractivity (Wildman–Crippen MR) is 55.4 cm³/mol. The minimum Gasteiger partial charge on any atom is -0.481 e. The van der Waals surface area contributed by atoms with E-state index in [9.17, 15) is 13.6 Å². The molecular formula is C11H12F2N2O3. The summed E-state index contributed by atoms with van der Waals surface area (Å²) < 4.78 is 30.5. The Morgan fingerprint density at radius 3 is 2.67 bits per heavy atom. The molecule has 0 aromatic carbocycles. The van der Waals surface area contributed by atoms with Crippen LogP contribution in [0.5, 0.6) is 5.75 Å². The number of aromatic nitrogens is 2. The molecule has 7 heteroatoms. The molecule has 1 aromatic rings. The largest absolute Gasteiger partial charge is 0.481 e. The fourth-order valence-electron chi connectivity index (χ4n) is 3.47. The molecule has 3 fully saturated rings. The fraction of sp³-hybridized carbons (Fsp3) is 0.636. The summed E-state index contributed by atoms with van der Waals surface area (Å²) in [6.07, 6.45) is 2.70. The average molecular weight is 258 g/mol. The van der Waals surface area contributed by atoms with Crippen LogP contribution in [-0.4, -0.2) is 27.5 Å². The van der Waals surface area contributed by atoms with Crippen LogP contribution >= 0.6 is 0 Å². The molecule has 1 aromatic heterocycles. The van der Waals surface area contributed by atoms with Crippen LogP contribution < -0.4 is 4.74 Å². The summed E-state index contributed by atoms with van der Waals surface area (Å²) in [6.45, 7) is -2.89. The predicted octanol–water partition coefficient (Wildman–Crippen LogP) is 1.53. The van der Waals surface area contributed by atoms with Crippen LogP contribution in [-0.2, 0) is 17.3 Å². The van der Waals surface area contributed by atoms with E-state index >= 15 is 0 Å². The van der Waals surface area contributed by atoms with Crippen LogP contribution in [0.25, 0.3) is 0 Å². The number of rotatable bonds is 4. The smallest absolute Gasteiger partial charge is 0.387 e. The molecule has 3 aliphatic carbocycles. The second kappa shape index (κ2) is 3.21. The third-order valence-electron chi connectivity index (χ3n) is 4.11. The number of aryl methyl sites for hydroxylation is 1. The highest BCUT2D eigenvalue weighted by Gasteiger charge is 2.74. The second-order valence-corrected chi connectivity index (χ2v) is 5.26. The third kappa shape index (κ3) is 1.24. The van der Waals surface area contributed by atoms with Crippen molar-refractivity contribution in [1.29, 1.82) is 0 Å². The highest BCUT2D eigenvalue weighted by Crippen LogP contribution is 2.74. The van der Waals surface area contributed by atoms with Gasteiger partial charge >= 0.3 is 12.6 Å². The Labute approximate surface area is 101 Å². The maximum absolute atomic E-state index is 12.3. The third-order valence-corrected chi connectivity index (χ3v) is 4.11. The molecule has 5 nitrogen and oxygen atoms in total. The van der Waals surface area contributed by atoms with Crippen LogP contribution in [0.3, 0.4) is 0 Å². The molecule has 1 N–H and O–H groups in total. The molecule has 0 amide bonds. The van der Waals surface area contributed by atoms with E-state index in [4.69, 9.17) is 5.11 Å². The Kier molecular flexibility index (Phi) is 2.04. The van der Waals surface area contributed by atoms with Crippen molar-refractivity contribution in [2.24, 2.45) is 12.5 Å². The van der Waals surface area contributed by atoms with Gasteiger partial charge in [0.25, 0.3) is 0 Å². The SMILES string of the molecule is Cn1ncc(OC(F)F)c1C12CC(C(=O)O)(C1)C2. The number of carbonyl (C=O) groups is 1. The minimum absolute atomic E-state index is 0.0613. The van der Waals surface area contributed by atoms with Crippen molar-refractivity contribution in [3.8, 4) is 5.75 Å². The van der Waals surface area contributed by atoms with Crippen LogP contribution in [0.2, 0.25) is 0 Å². The number of alkyl halides is 2. The normalized spacial score (nSPS) is 32.9. The van der Waals surface area contributed by atoms with Gasteiger partial charge in [0.05, 0.1) is 17.3 Å². The number of carboxylic acid groups (broad SMARTS) is 1. The lowest BCUT2D eigenvalue weighted by atomic mass is 9.34. The summed E-state index contributed by atoms with van der Waals surface area (Å²) in [5, 5.41) is 13.0. The number of halogens is 2. The monoisotopic (exact) mass is 258 g/mol. The van der Waals surface area contributed by atoms with Gasteiger partial charge in [0.15, 0.2) is 5.75 Å². The van der Waals surface area contributed by atoms with Crippen molar-refractivity contribution in [2.45, 2.75) is 31.3 Å². The highest BCUT2D eigenvalue weighted by atomic mass is 19.3. The first-order valence-corrected chi connectivity index (χ1v) is 5.59. The fourth-order valence-corrected chi connectivity index (χ4v) is 3.47. The van der Waals surface area contributed by atoms with Crippen molar-refractivity contribution < 1.29 is 23.4 Å². The van der Waals surface area contributed by atoms with E-state index < -0.39 is 18.0 Å². The number of ether oxygens (including phenoxy) is 1. The Bertz CT molecular complexity index is 507. The molecule has 4 rings (SSSR count). The van der Waals surface area contributed by atoms with Gasteiger partial charge < -0.3 is 9.84 Å². The summed E-state index contributed by atoms with van der Waals surface area (Å²) in [5.41, 5.74) is -0.397. The zero-order chi connectivity index (χ0) is 13.1. The van der Waals surface area contributed by atoms with Crippen LogP contribution in [0.1, 0.15) is 25.0 Å². The molecule has 0 radical (unpaired) electrons. The number of hydrogen-bond donors (Lipinski definition) is 1. The number of nitrogens with zero attached hydrogens (tertiary/aromatic N) is 2. The topological polar surface area (TPSA) is 64.4 Å². The first kappa shape index (κ1) is 11.4. The molecule has 0 spiro atoms. The lowest BCUT2D eigenvalue weighted by Crippen LogP contribution is -2.68. The summed E-state index contributed by atoms with van der Waals surface area (Å²) in [7, 11) is 1.65. The maximum Gasteiger partial charge on any atom is 0.387 e. The Morgan fingerprint density at radius 1 is 1.56 bits per heavy atom. The van der Waals surface area contributed by atoms with Crippen LogP contribution in [0.15, 0.2) is 6.20 Å². The van der Waals surface area contributed by atoms with E-state index in [1.54, 1.807) is 7.05 Å². The van der Waals surface area contributed by atoms with Crippen LogP contribution in [0.4, 0.5) is 8.78 Å².